The summed E-state index contributed by atoms with van der Waals surface area (Å²) in [5, 5.41) is 28.9. The van der Waals surface area contributed by atoms with Crippen molar-refractivity contribution in [3.05, 3.63) is 35.8 Å². The van der Waals surface area contributed by atoms with Crippen LogP contribution in [0, 0.1) is 17.5 Å². The van der Waals surface area contributed by atoms with Gasteiger partial charge in [0.1, 0.15) is 30.0 Å². The summed E-state index contributed by atoms with van der Waals surface area (Å²) >= 11 is 0. The quantitative estimate of drug-likeness (QED) is 0.477. The van der Waals surface area contributed by atoms with Gasteiger partial charge in [-0.1, -0.05) is 5.21 Å². The molecule has 3 aliphatic heterocycles. The van der Waals surface area contributed by atoms with E-state index < -0.39 is 54.5 Å². The molecule has 0 spiro atoms. The SMILES string of the molecule is CO[C@@H]1[C@@H](n2cc(-c3cc(F)c(F)c(F)c3)nn2)[C@@H](O)[C@@H](CO)O[C@@H]1CN1CC(=O)N(C2CCOCC2)C1. The number of amides is 1. The van der Waals surface area contributed by atoms with Crippen molar-refractivity contribution in [1.82, 2.24) is 24.8 Å². The second-order valence-electron chi connectivity index (χ2n) is 9.77. The Balaban J connectivity index is 1.36. The van der Waals surface area contributed by atoms with E-state index in [0.717, 1.165) is 25.0 Å². The van der Waals surface area contributed by atoms with Gasteiger partial charge in [0.15, 0.2) is 17.5 Å². The lowest BCUT2D eigenvalue weighted by Gasteiger charge is -2.44. The van der Waals surface area contributed by atoms with E-state index in [2.05, 4.69) is 10.3 Å². The maximum Gasteiger partial charge on any atom is 0.238 e. The van der Waals surface area contributed by atoms with Gasteiger partial charge in [0, 0.05) is 38.5 Å². The molecule has 0 aliphatic carbocycles. The number of hydrogen-bond donors (Lipinski definition) is 2. The smallest absolute Gasteiger partial charge is 0.238 e. The molecule has 38 heavy (non-hydrogen) atoms. The fourth-order valence-corrected chi connectivity index (χ4v) is 5.49. The molecule has 4 heterocycles. The average molecular weight is 542 g/mol. The fraction of sp³-hybridized carbons (Fsp3) is 0.625. The molecule has 3 saturated heterocycles. The molecule has 1 aromatic carbocycles. The summed E-state index contributed by atoms with van der Waals surface area (Å²) < 4.78 is 59.3. The van der Waals surface area contributed by atoms with Crippen LogP contribution < -0.4 is 0 Å². The lowest BCUT2D eigenvalue weighted by molar-refractivity contribution is -0.216. The van der Waals surface area contributed by atoms with Crippen LogP contribution in [-0.4, -0.2) is 118 Å². The highest BCUT2D eigenvalue weighted by atomic mass is 19.2. The highest BCUT2D eigenvalue weighted by molar-refractivity contribution is 5.80. The van der Waals surface area contributed by atoms with Crippen LogP contribution in [0.3, 0.4) is 0 Å². The molecule has 14 heteroatoms. The Morgan fingerprint density at radius 2 is 1.87 bits per heavy atom. The maximum atomic E-state index is 13.8. The van der Waals surface area contributed by atoms with Gasteiger partial charge in [0.2, 0.25) is 5.91 Å². The van der Waals surface area contributed by atoms with Crippen LogP contribution in [-0.2, 0) is 19.0 Å². The molecule has 0 unspecified atom stereocenters. The van der Waals surface area contributed by atoms with Crippen molar-refractivity contribution in [2.75, 3.05) is 46.7 Å². The summed E-state index contributed by atoms with van der Waals surface area (Å²) in [6.45, 7) is 1.61. The number of carbonyl (C=O) groups is 1. The van der Waals surface area contributed by atoms with Gasteiger partial charge in [-0.25, -0.2) is 17.9 Å². The van der Waals surface area contributed by atoms with Gasteiger partial charge in [-0.15, -0.1) is 5.10 Å². The summed E-state index contributed by atoms with van der Waals surface area (Å²) in [7, 11) is 1.44. The van der Waals surface area contributed by atoms with E-state index in [-0.39, 0.29) is 36.3 Å². The van der Waals surface area contributed by atoms with E-state index in [9.17, 15) is 28.2 Å². The molecule has 208 valence electrons. The molecule has 2 N–H and O–H groups in total. The molecule has 1 amide bonds. The number of nitrogens with zero attached hydrogens (tertiary/aromatic N) is 5. The van der Waals surface area contributed by atoms with E-state index in [1.54, 1.807) is 0 Å². The topological polar surface area (TPSA) is 122 Å². The Bertz CT molecular complexity index is 1130. The van der Waals surface area contributed by atoms with Crippen molar-refractivity contribution in [1.29, 1.82) is 0 Å². The zero-order valence-electron chi connectivity index (χ0n) is 20.8. The summed E-state index contributed by atoms with van der Waals surface area (Å²) in [4.78, 5) is 16.5. The van der Waals surface area contributed by atoms with E-state index >= 15 is 0 Å². The van der Waals surface area contributed by atoms with Gasteiger partial charge >= 0.3 is 0 Å². The normalized spacial score (nSPS) is 29.4. The second-order valence-corrected chi connectivity index (χ2v) is 9.77. The van der Waals surface area contributed by atoms with Crippen molar-refractivity contribution in [3.8, 4) is 11.3 Å². The van der Waals surface area contributed by atoms with Gasteiger partial charge < -0.3 is 29.3 Å². The number of aliphatic hydroxyl groups is 2. The second kappa shape index (κ2) is 11.2. The first-order valence-corrected chi connectivity index (χ1v) is 12.4. The van der Waals surface area contributed by atoms with Crippen LogP contribution >= 0.6 is 0 Å². The summed E-state index contributed by atoms with van der Waals surface area (Å²) in [6, 6.07) is 0.822. The van der Waals surface area contributed by atoms with Crippen molar-refractivity contribution >= 4 is 5.91 Å². The zero-order chi connectivity index (χ0) is 27.0. The first-order valence-electron chi connectivity index (χ1n) is 12.4. The average Bonchev–Trinajstić information content (AvgIpc) is 3.54. The van der Waals surface area contributed by atoms with Gasteiger partial charge in [0.05, 0.1) is 32.1 Å². The van der Waals surface area contributed by atoms with Crippen molar-refractivity contribution in [3.63, 3.8) is 0 Å². The maximum absolute atomic E-state index is 13.8. The predicted octanol–water partition coefficient (Wildman–Crippen LogP) is 0.320. The lowest BCUT2D eigenvalue weighted by atomic mass is 9.92. The molecular weight excluding hydrogens is 511 g/mol. The van der Waals surface area contributed by atoms with E-state index in [1.807, 2.05) is 9.80 Å². The number of ether oxygens (including phenoxy) is 3. The molecule has 0 radical (unpaired) electrons. The van der Waals surface area contributed by atoms with Crippen LogP contribution in [0.5, 0.6) is 0 Å². The largest absolute Gasteiger partial charge is 0.394 e. The molecule has 5 atom stereocenters. The minimum atomic E-state index is -1.59. The molecular formula is C24H30F3N5O6. The number of benzene rings is 1. The minimum absolute atomic E-state index is 0.0108. The van der Waals surface area contributed by atoms with E-state index in [0.29, 0.717) is 19.9 Å². The molecule has 3 aliphatic rings. The molecule has 1 aromatic heterocycles. The Labute approximate surface area is 216 Å². The molecule has 11 nitrogen and oxygen atoms in total. The molecule has 5 rings (SSSR count). The minimum Gasteiger partial charge on any atom is -0.394 e. The Kier molecular flexibility index (Phi) is 7.98. The number of aliphatic hydroxyl groups excluding tert-OH is 2. The first kappa shape index (κ1) is 27.0. The van der Waals surface area contributed by atoms with Crippen LogP contribution in [0.25, 0.3) is 11.3 Å². The van der Waals surface area contributed by atoms with Crippen molar-refractivity contribution in [2.45, 2.75) is 49.3 Å². The third-order valence-electron chi connectivity index (χ3n) is 7.43. The predicted molar refractivity (Wildman–Crippen MR) is 124 cm³/mol. The molecule has 0 bridgehead atoms. The number of carbonyl (C=O) groups excluding carboxylic acids is 1. The van der Waals surface area contributed by atoms with Crippen molar-refractivity contribution in [2.24, 2.45) is 0 Å². The van der Waals surface area contributed by atoms with Crippen LogP contribution in [0.4, 0.5) is 13.2 Å². The number of rotatable bonds is 7. The number of hydrogen-bond acceptors (Lipinski definition) is 9. The van der Waals surface area contributed by atoms with Crippen LogP contribution in [0.15, 0.2) is 18.3 Å². The molecule has 0 saturated carbocycles. The Morgan fingerprint density at radius 3 is 2.53 bits per heavy atom. The number of halogens is 3. The highest BCUT2D eigenvalue weighted by Crippen LogP contribution is 2.34. The van der Waals surface area contributed by atoms with Gasteiger partial charge in [-0.2, -0.15) is 0 Å². The summed E-state index contributed by atoms with van der Waals surface area (Å²) in [5.74, 6) is -4.32. The van der Waals surface area contributed by atoms with Crippen molar-refractivity contribution < 1.29 is 42.4 Å². The standard InChI is InChI=1S/C24H30F3N5O6/c1-36-24-18(9-30-10-20(34)31(12-30)14-2-4-37-5-3-14)38-19(11-33)23(35)22(24)32-8-17(28-29-32)13-6-15(25)21(27)16(26)7-13/h6-8,14,18-19,22-24,33,35H,2-5,9-12H2,1H3/t18-,19-,22+,23+,24+/m1/s1. The first-order chi connectivity index (χ1) is 18.3. The van der Waals surface area contributed by atoms with Gasteiger partial charge in [-0.05, 0) is 25.0 Å². The van der Waals surface area contributed by atoms with Crippen LogP contribution in [0.2, 0.25) is 0 Å². The summed E-state index contributed by atoms with van der Waals surface area (Å²) in [5.41, 5.74) is 0.00731. The van der Waals surface area contributed by atoms with Crippen LogP contribution in [0.1, 0.15) is 18.9 Å². The number of methoxy groups -OCH3 is 1. The third kappa shape index (κ3) is 5.16. The van der Waals surface area contributed by atoms with Gasteiger partial charge in [0.25, 0.3) is 0 Å². The number of aromatic nitrogens is 3. The molecule has 3 fully saturated rings. The molecule has 2 aromatic rings. The lowest BCUT2D eigenvalue weighted by Crippen LogP contribution is -2.59. The van der Waals surface area contributed by atoms with E-state index in [4.69, 9.17) is 14.2 Å². The highest BCUT2D eigenvalue weighted by Gasteiger charge is 2.48. The Morgan fingerprint density at radius 1 is 1.16 bits per heavy atom. The van der Waals surface area contributed by atoms with Gasteiger partial charge in [-0.3, -0.25) is 9.69 Å². The monoisotopic (exact) mass is 541 g/mol. The zero-order valence-corrected chi connectivity index (χ0v) is 20.8. The third-order valence-corrected chi connectivity index (χ3v) is 7.43. The van der Waals surface area contributed by atoms with E-state index in [1.165, 1.54) is 18.0 Å². The Hall–Kier alpha value is -2.62. The fourth-order valence-electron chi connectivity index (χ4n) is 5.49. The summed E-state index contributed by atoms with van der Waals surface area (Å²) in [6.07, 6.45) is -0.798.